The molecule has 1 heterocycles. The van der Waals surface area contributed by atoms with E-state index in [1.165, 1.54) is 0 Å². The number of hydrogen-bond acceptors (Lipinski definition) is 6. The Balaban J connectivity index is 2.35. The molecule has 0 aromatic heterocycles. The number of nitrogens with zero attached hydrogens (tertiary/aromatic N) is 1. The van der Waals surface area contributed by atoms with Crippen molar-refractivity contribution in [1.29, 1.82) is 0 Å². The van der Waals surface area contributed by atoms with Gasteiger partial charge in [0.15, 0.2) is 9.84 Å². The van der Waals surface area contributed by atoms with Gasteiger partial charge in [0, 0.05) is 6.04 Å². The van der Waals surface area contributed by atoms with Gasteiger partial charge in [-0.2, -0.15) is 0 Å². The fourth-order valence-electron chi connectivity index (χ4n) is 2.40. The molecule has 0 aliphatic carbocycles. The van der Waals surface area contributed by atoms with Crippen LogP contribution in [0.25, 0.3) is 0 Å². The lowest BCUT2D eigenvalue weighted by Crippen LogP contribution is -2.46. The third-order valence-corrected chi connectivity index (χ3v) is 5.53. The summed E-state index contributed by atoms with van der Waals surface area (Å²) in [5, 5.41) is 0. The third kappa shape index (κ3) is 5.03. The van der Waals surface area contributed by atoms with Crippen molar-refractivity contribution in [3.63, 3.8) is 0 Å². The molecule has 0 radical (unpaired) electrons. The summed E-state index contributed by atoms with van der Waals surface area (Å²) in [5.74, 6) is 0.131. The van der Waals surface area contributed by atoms with Gasteiger partial charge in [0.1, 0.15) is 5.54 Å². The average Bonchev–Trinajstić information content (AvgIpc) is 2.69. The number of esters is 1. The number of ether oxygens (including phenoxy) is 1. The molecular weight excluding hydrogens is 280 g/mol. The van der Waals surface area contributed by atoms with Gasteiger partial charge in [0.2, 0.25) is 0 Å². The molecule has 20 heavy (non-hydrogen) atoms. The molecule has 0 aromatic carbocycles. The number of hydrogen-bond donors (Lipinski definition) is 1. The van der Waals surface area contributed by atoms with Crippen LogP contribution in [0.5, 0.6) is 0 Å². The van der Waals surface area contributed by atoms with Crippen LogP contribution in [0.4, 0.5) is 0 Å². The van der Waals surface area contributed by atoms with E-state index < -0.39 is 15.4 Å². The Labute approximate surface area is 121 Å². The summed E-state index contributed by atoms with van der Waals surface area (Å²) in [4.78, 5) is 13.7. The molecule has 1 saturated heterocycles. The van der Waals surface area contributed by atoms with Crippen LogP contribution in [0.15, 0.2) is 0 Å². The summed E-state index contributed by atoms with van der Waals surface area (Å²) < 4.78 is 27.8. The monoisotopic (exact) mass is 306 g/mol. The Hall–Kier alpha value is -0.660. The number of sulfone groups is 1. The molecule has 0 bridgehead atoms. The number of carbonyl (C=O) groups excluding carboxylic acids is 1. The highest BCUT2D eigenvalue weighted by molar-refractivity contribution is 7.91. The van der Waals surface area contributed by atoms with Crippen molar-refractivity contribution in [1.82, 2.24) is 4.90 Å². The number of nitrogens with two attached hydrogens (primary N) is 1. The smallest absolute Gasteiger partial charge is 0.325 e. The second kappa shape index (κ2) is 6.87. The van der Waals surface area contributed by atoms with E-state index in [2.05, 4.69) is 0 Å². The molecule has 0 aromatic rings. The molecule has 0 saturated carbocycles. The molecule has 0 spiro atoms. The predicted octanol–water partition coefficient (Wildman–Crippen LogP) is 0.166. The van der Waals surface area contributed by atoms with E-state index in [4.69, 9.17) is 10.5 Å². The normalized spacial score (nSPS) is 24.6. The minimum Gasteiger partial charge on any atom is -0.465 e. The van der Waals surface area contributed by atoms with Crippen LogP contribution in [0.1, 0.15) is 33.1 Å². The van der Waals surface area contributed by atoms with E-state index in [1.54, 1.807) is 13.8 Å². The highest BCUT2D eigenvalue weighted by Gasteiger charge is 2.32. The van der Waals surface area contributed by atoms with E-state index in [1.807, 2.05) is 11.9 Å². The second-order valence-corrected chi connectivity index (χ2v) is 8.01. The lowest BCUT2D eigenvalue weighted by Gasteiger charge is -2.26. The molecule has 7 heteroatoms. The third-order valence-electron chi connectivity index (χ3n) is 3.78. The first kappa shape index (κ1) is 17.4. The van der Waals surface area contributed by atoms with E-state index in [0.717, 1.165) is 13.0 Å². The van der Waals surface area contributed by atoms with Crippen molar-refractivity contribution in [2.24, 2.45) is 5.73 Å². The Morgan fingerprint density at radius 2 is 2.15 bits per heavy atom. The quantitative estimate of drug-likeness (QED) is 0.674. The fraction of sp³-hybridized carbons (Fsp3) is 0.923. The molecule has 1 aliphatic rings. The molecule has 118 valence electrons. The molecule has 0 amide bonds. The lowest BCUT2D eigenvalue weighted by molar-refractivity contribution is -0.149. The zero-order valence-corrected chi connectivity index (χ0v) is 13.4. The minimum absolute atomic E-state index is 0.0895. The van der Waals surface area contributed by atoms with E-state index in [9.17, 15) is 13.2 Å². The lowest BCUT2D eigenvalue weighted by atomic mass is 9.97. The van der Waals surface area contributed by atoms with Crippen molar-refractivity contribution < 1.29 is 17.9 Å². The van der Waals surface area contributed by atoms with E-state index in [-0.39, 0.29) is 23.5 Å². The zero-order chi connectivity index (χ0) is 15.4. The van der Waals surface area contributed by atoms with Gasteiger partial charge in [-0.3, -0.25) is 4.79 Å². The van der Waals surface area contributed by atoms with Gasteiger partial charge >= 0.3 is 5.97 Å². The van der Waals surface area contributed by atoms with Gasteiger partial charge in [0.25, 0.3) is 0 Å². The largest absolute Gasteiger partial charge is 0.465 e. The van der Waals surface area contributed by atoms with Crippen LogP contribution in [0.3, 0.4) is 0 Å². The summed E-state index contributed by atoms with van der Waals surface area (Å²) in [5.41, 5.74) is 4.97. The highest BCUT2D eigenvalue weighted by Crippen LogP contribution is 2.18. The Morgan fingerprint density at radius 3 is 2.65 bits per heavy atom. The van der Waals surface area contributed by atoms with Gasteiger partial charge in [-0.1, -0.05) is 0 Å². The first-order valence-corrected chi connectivity index (χ1v) is 8.87. The summed E-state index contributed by atoms with van der Waals surface area (Å²) >= 11 is 0. The maximum atomic E-state index is 11.6. The molecule has 1 aliphatic heterocycles. The van der Waals surface area contributed by atoms with Crippen molar-refractivity contribution >= 4 is 15.8 Å². The molecule has 6 nitrogen and oxygen atoms in total. The first-order chi connectivity index (χ1) is 9.18. The zero-order valence-electron chi connectivity index (χ0n) is 12.6. The van der Waals surface area contributed by atoms with Crippen LogP contribution in [0, 0.1) is 0 Å². The van der Waals surface area contributed by atoms with Crippen LogP contribution < -0.4 is 5.73 Å². The summed E-state index contributed by atoms with van der Waals surface area (Å²) in [6, 6.07) is 0.0895. The molecule has 2 N–H and O–H groups in total. The molecule has 2 unspecified atom stereocenters. The summed E-state index contributed by atoms with van der Waals surface area (Å²) in [7, 11) is -0.935. The van der Waals surface area contributed by atoms with Crippen LogP contribution in [-0.2, 0) is 19.4 Å². The van der Waals surface area contributed by atoms with Crippen LogP contribution in [-0.4, -0.2) is 62.6 Å². The SMILES string of the molecule is CCOC(=O)C(C)(N)CCCN(C)C1CCS(=O)(=O)C1. The maximum Gasteiger partial charge on any atom is 0.325 e. The molecular formula is C13H26N2O4S. The molecule has 1 fully saturated rings. The minimum atomic E-state index is -2.86. The van der Waals surface area contributed by atoms with Gasteiger partial charge in [-0.15, -0.1) is 0 Å². The highest BCUT2D eigenvalue weighted by atomic mass is 32.2. The summed E-state index contributed by atoms with van der Waals surface area (Å²) in [6.07, 6.45) is 1.95. The maximum absolute atomic E-state index is 11.6. The van der Waals surface area contributed by atoms with Crippen molar-refractivity contribution in [2.45, 2.75) is 44.7 Å². The summed E-state index contributed by atoms with van der Waals surface area (Å²) in [6.45, 7) is 4.48. The average molecular weight is 306 g/mol. The van der Waals surface area contributed by atoms with E-state index in [0.29, 0.717) is 19.4 Å². The molecule has 1 rings (SSSR count). The number of carbonyl (C=O) groups is 1. The van der Waals surface area contributed by atoms with Gasteiger partial charge in [-0.05, 0) is 46.7 Å². The van der Waals surface area contributed by atoms with Crippen LogP contribution >= 0.6 is 0 Å². The second-order valence-electron chi connectivity index (χ2n) is 5.78. The molecule has 2 atom stereocenters. The standard InChI is InChI=1S/C13H26N2O4S/c1-4-19-12(16)13(2,14)7-5-8-15(3)11-6-9-20(17,18)10-11/h11H,4-10,14H2,1-3H3. The fourth-order valence-corrected chi connectivity index (χ4v) is 4.20. The number of rotatable bonds is 7. The Morgan fingerprint density at radius 1 is 1.50 bits per heavy atom. The van der Waals surface area contributed by atoms with Gasteiger partial charge < -0.3 is 15.4 Å². The van der Waals surface area contributed by atoms with E-state index >= 15 is 0 Å². The van der Waals surface area contributed by atoms with Crippen molar-refractivity contribution in [3.05, 3.63) is 0 Å². The Bertz CT molecular complexity index is 434. The topological polar surface area (TPSA) is 89.7 Å². The van der Waals surface area contributed by atoms with Gasteiger partial charge in [-0.25, -0.2) is 8.42 Å². The van der Waals surface area contributed by atoms with Gasteiger partial charge in [0.05, 0.1) is 18.1 Å². The first-order valence-electron chi connectivity index (χ1n) is 7.05. The Kier molecular flexibility index (Phi) is 5.97. The van der Waals surface area contributed by atoms with Crippen molar-refractivity contribution in [3.8, 4) is 0 Å². The van der Waals surface area contributed by atoms with Crippen molar-refractivity contribution in [2.75, 3.05) is 31.7 Å². The van der Waals surface area contributed by atoms with Crippen LogP contribution in [0.2, 0.25) is 0 Å². The predicted molar refractivity (Wildman–Crippen MR) is 78.1 cm³/mol.